The van der Waals surface area contributed by atoms with Gasteiger partial charge in [-0.1, -0.05) is 32.0 Å². The molecule has 0 spiro atoms. The Bertz CT molecular complexity index is 822. The maximum absolute atomic E-state index is 12.8. The lowest BCUT2D eigenvalue weighted by molar-refractivity contribution is 0.0922. The molecule has 1 aliphatic rings. The van der Waals surface area contributed by atoms with Gasteiger partial charge in [0.2, 0.25) is 0 Å². The van der Waals surface area contributed by atoms with Crippen molar-refractivity contribution >= 4 is 16.7 Å². The largest absolute Gasteiger partial charge is 0.349 e. The van der Waals surface area contributed by atoms with Crippen LogP contribution in [-0.2, 0) is 7.05 Å². The summed E-state index contributed by atoms with van der Waals surface area (Å²) in [7, 11) is 1.58. The number of hydrogen-bond acceptors (Lipinski definition) is 4. The Morgan fingerprint density at radius 3 is 2.48 bits per heavy atom. The molecule has 0 radical (unpaired) electrons. The summed E-state index contributed by atoms with van der Waals surface area (Å²) in [5, 5.41) is 8.36. The van der Waals surface area contributed by atoms with Gasteiger partial charge < -0.3 is 5.32 Å². The minimum Gasteiger partial charge on any atom is -0.349 e. The quantitative estimate of drug-likeness (QED) is 0.899. The molecule has 1 aromatic heterocycles. The van der Waals surface area contributed by atoms with Gasteiger partial charge in [0, 0.05) is 25.0 Å². The molecule has 1 unspecified atom stereocenters. The number of fused-ring (bicyclic) bond motifs is 1. The standard InChI is InChI=1S/C19H26N4O2/c1-13(2)16(23-10-6-7-11-23)12-20-18(24)17-14-8-4-5-9-15(14)19(25)22(3)21-17/h4-5,8-9,13,16H,6-7,10-12H2,1-3H3,(H,20,24). The van der Waals surface area contributed by atoms with E-state index in [9.17, 15) is 9.59 Å². The summed E-state index contributed by atoms with van der Waals surface area (Å²) in [6.07, 6.45) is 2.45. The number of likely N-dealkylation sites (tertiary alicyclic amines) is 1. The van der Waals surface area contributed by atoms with Crippen molar-refractivity contribution in [2.45, 2.75) is 32.7 Å². The van der Waals surface area contributed by atoms with Crippen LogP contribution in [0.4, 0.5) is 0 Å². The summed E-state index contributed by atoms with van der Waals surface area (Å²) in [4.78, 5) is 27.4. The first kappa shape index (κ1) is 17.6. The van der Waals surface area contributed by atoms with E-state index in [4.69, 9.17) is 0 Å². The SMILES string of the molecule is CC(C)C(CNC(=O)c1nn(C)c(=O)c2ccccc12)N1CCCC1. The third kappa shape index (κ3) is 3.58. The smallest absolute Gasteiger partial charge is 0.274 e. The van der Waals surface area contributed by atoms with Gasteiger partial charge >= 0.3 is 0 Å². The minimum atomic E-state index is -0.225. The van der Waals surface area contributed by atoms with E-state index in [0.29, 0.717) is 35.0 Å². The summed E-state index contributed by atoms with van der Waals surface area (Å²) in [6, 6.07) is 7.45. The van der Waals surface area contributed by atoms with Crippen molar-refractivity contribution < 1.29 is 4.79 Å². The minimum absolute atomic E-state index is 0.190. The predicted molar refractivity (Wildman–Crippen MR) is 98.8 cm³/mol. The molecule has 134 valence electrons. The van der Waals surface area contributed by atoms with Gasteiger partial charge in [0.15, 0.2) is 5.69 Å². The van der Waals surface area contributed by atoms with E-state index in [0.717, 1.165) is 13.1 Å². The fraction of sp³-hybridized carbons (Fsp3) is 0.526. The number of aromatic nitrogens is 2. The first-order valence-electron chi connectivity index (χ1n) is 8.97. The maximum atomic E-state index is 12.8. The van der Waals surface area contributed by atoms with Crippen molar-refractivity contribution in [1.82, 2.24) is 20.0 Å². The van der Waals surface area contributed by atoms with Gasteiger partial charge in [-0.05, 0) is 37.9 Å². The molecule has 2 heterocycles. The van der Waals surface area contributed by atoms with Crippen LogP contribution in [0.2, 0.25) is 0 Å². The number of aryl methyl sites for hydroxylation is 1. The Labute approximate surface area is 147 Å². The van der Waals surface area contributed by atoms with Crippen LogP contribution in [0, 0.1) is 5.92 Å². The zero-order valence-corrected chi connectivity index (χ0v) is 15.2. The van der Waals surface area contributed by atoms with Crippen LogP contribution in [0.25, 0.3) is 10.8 Å². The molecule has 0 aliphatic carbocycles. The lowest BCUT2D eigenvalue weighted by Gasteiger charge is -2.31. The Morgan fingerprint density at radius 2 is 1.84 bits per heavy atom. The summed E-state index contributed by atoms with van der Waals surface area (Å²) < 4.78 is 1.23. The lowest BCUT2D eigenvalue weighted by Crippen LogP contribution is -2.46. The number of hydrogen-bond donors (Lipinski definition) is 1. The number of benzene rings is 1. The molecule has 0 bridgehead atoms. The molecule has 2 aromatic rings. The van der Waals surface area contributed by atoms with Crippen molar-refractivity contribution in [2.75, 3.05) is 19.6 Å². The summed E-state index contributed by atoms with van der Waals surface area (Å²) >= 11 is 0. The van der Waals surface area contributed by atoms with E-state index in [1.54, 1.807) is 25.2 Å². The summed E-state index contributed by atoms with van der Waals surface area (Å²) in [5.74, 6) is 0.236. The molecule has 1 atom stereocenters. The fourth-order valence-corrected chi connectivity index (χ4v) is 3.61. The first-order chi connectivity index (χ1) is 12.0. The van der Waals surface area contributed by atoms with Crippen molar-refractivity contribution in [1.29, 1.82) is 0 Å². The van der Waals surface area contributed by atoms with Crippen LogP contribution in [0.3, 0.4) is 0 Å². The highest BCUT2D eigenvalue weighted by Gasteiger charge is 2.25. The van der Waals surface area contributed by atoms with Crippen molar-refractivity contribution in [2.24, 2.45) is 13.0 Å². The van der Waals surface area contributed by atoms with E-state index in [2.05, 4.69) is 29.2 Å². The highest BCUT2D eigenvalue weighted by atomic mass is 16.2. The van der Waals surface area contributed by atoms with Crippen LogP contribution in [0.15, 0.2) is 29.1 Å². The van der Waals surface area contributed by atoms with Gasteiger partial charge in [-0.2, -0.15) is 5.10 Å². The van der Waals surface area contributed by atoms with E-state index in [1.165, 1.54) is 17.5 Å². The van der Waals surface area contributed by atoms with Crippen LogP contribution >= 0.6 is 0 Å². The fourth-order valence-electron chi connectivity index (χ4n) is 3.61. The Hall–Kier alpha value is -2.21. The number of carbonyl (C=O) groups is 1. The molecule has 3 rings (SSSR count). The maximum Gasteiger partial charge on any atom is 0.274 e. The van der Waals surface area contributed by atoms with Crippen LogP contribution in [-0.4, -0.2) is 46.3 Å². The van der Waals surface area contributed by atoms with Crippen LogP contribution in [0.1, 0.15) is 37.2 Å². The average molecular weight is 342 g/mol. The van der Waals surface area contributed by atoms with E-state index >= 15 is 0 Å². The number of amides is 1. The molecule has 1 aliphatic heterocycles. The molecule has 1 amide bonds. The Kier molecular flexibility index (Phi) is 5.18. The van der Waals surface area contributed by atoms with Gasteiger partial charge in [0.05, 0.1) is 5.39 Å². The normalized spacial score (nSPS) is 16.5. The van der Waals surface area contributed by atoms with Crippen LogP contribution < -0.4 is 10.9 Å². The van der Waals surface area contributed by atoms with Crippen LogP contribution in [0.5, 0.6) is 0 Å². The van der Waals surface area contributed by atoms with Gasteiger partial charge in [-0.3, -0.25) is 14.5 Å². The molecule has 1 saturated heterocycles. The van der Waals surface area contributed by atoms with E-state index < -0.39 is 0 Å². The second kappa shape index (κ2) is 7.35. The van der Waals surface area contributed by atoms with Gasteiger partial charge in [-0.25, -0.2) is 4.68 Å². The molecule has 6 nitrogen and oxygen atoms in total. The monoisotopic (exact) mass is 342 g/mol. The first-order valence-corrected chi connectivity index (χ1v) is 8.97. The molecule has 1 fully saturated rings. The number of nitrogens with zero attached hydrogens (tertiary/aromatic N) is 3. The third-order valence-corrected chi connectivity index (χ3v) is 5.02. The topological polar surface area (TPSA) is 67.2 Å². The predicted octanol–water partition coefficient (Wildman–Crippen LogP) is 1.78. The number of rotatable bonds is 5. The molecule has 6 heteroatoms. The molecular formula is C19H26N4O2. The molecule has 0 saturated carbocycles. The highest BCUT2D eigenvalue weighted by molar-refractivity contribution is 6.04. The van der Waals surface area contributed by atoms with Crippen molar-refractivity contribution in [3.63, 3.8) is 0 Å². The molecule has 1 N–H and O–H groups in total. The van der Waals surface area contributed by atoms with Gasteiger partial charge in [-0.15, -0.1) is 0 Å². The Morgan fingerprint density at radius 1 is 1.20 bits per heavy atom. The summed E-state index contributed by atoms with van der Waals surface area (Å²) in [5.41, 5.74) is 0.117. The van der Waals surface area contributed by atoms with E-state index in [1.807, 2.05) is 6.07 Å². The van der Waals surface area contributed by atoms with Gasteiger partial charge in [0.1, 0.15) is 0 Å². The zero-order valence-electron chi connectivity index (χ0n) is 15.2. The second-order valence-electron chi connectivity index (χ2n) is 7.09. The summed E-state index contributed by atoms with van der Waals surface area (Å²) in [6.45, 7) is 7.17. The average Bonchev–Trinajstić information content (AvgIpc) is 3.12. The molecule has 25 heavy (non-hydrogen) atoms. The molecular weight excluding hydrogens is 316 g/mol. The Balaban J connectivity index is 1.82. The lowest BCUT2D eigenvalue weighted by atomic mass is 10.0. The van der Waals surface area contributed by atoms with Gasteiger partial charge in [0.25, 0.3) is 11.5 Å². The van der Waals surface area contributed by atoms with E-state index in [-0.39, 0.29) is 11.5 Å². The zero-order chi connectivity index (χ0) is 18.0. The van der Waals surface area contributed by atoms with Crippen molar-refractivity contribution in [3.05, 3.63) is 40.3 Å². The highest BCUT2D eigenvalue weighted by Crippen LogP contribution is 2.18. The number of nitrogens with one attached hydrogen (secondary N) is 1. The second-order valence-corrected chi connectivity index (χ2v) is 7.09. The number of carbonyl (C=O) groups excluding carboxylic acids is 1. The molecule has 1 aromatic carbocycles. The van der Waals surface area contributed by atoms with Crippen molar-refractivity contribution in [3.8, 4) is 0 Å². The third-order valence-electron chi connectivity index (χ3n) is 5.02.